The molecular weight excluding hydrogens is 430 g/mol. The first kappa shape index (κ1) is 24.2. The Morgan fingerprint density at radius 2 is 1.85 bits per heavy atom. The molecule has 2 aromatic carbocycles. The molecule has 2 aliphatic rings. The lowest BCUT2D eigenvalue weighted by molar-refractivity contribution is -0.132. The molecule has 2 amide bonds. The monoisotopic (exact) mass is 465 g/mol. The van der Waals surface area contributed by atoms with Crippen LogP contribution in [0.25, 0.3) is 0 Å². The number of carbonyl (C=O) groups excluding carboxylic acids is 2. The molecule has 7 heteroatoms. The standard InChI is InChI=1S/C27H35N3O4/c1-19-11-13-21(14-12-19)17-30-24-9-5-6-10-25(24)34-18-23(27(30)32)28-22(26(31)29-33)16-15-20-7-3-2-4-8-20/h5-6,9-14,20,22-23,28,33H,2-4,7-8,15-18H2,1H3,(H,29,31)/t22-,23-/m0/s1. The first-order chi connectivity index (χ1) is 16.5. The predicted molar refractivity (Wildman–Crippen MR) is 131 cm³/mol. The molecule has 4 rings (SSSR count). The molecule has 34 heavy (non-hydrogen) atoms. The molecular formula is C27H35N3O4. The van der Waals surface area contributed by atoms with Gasteiger partial charge in [-0.25, -0.2) is 5.48 Å². The Labute approximate surface area is 201 Å². The van der Waals surface area contributed by atoms with E-state index in [1.54, 1.807) is 10.4 Å². The molecule has 2 aromatic rings. The zero-order valence-corrected chi connectivity index (χ0v) is 19.8. The van der Waals surface area contributed by atoms with Crippen LogP contribution in [0.1, 0.15) is 56.1 Å². The molecule has 1 fully saturated rings. The van der Waals surface area contributed by atoms with Gasteiger partial charge in [-0.15, -0.1) is 0 Å². The van der Waals surface area contributed by atoms with E-state index in [4.69, 9.17) is 4.74 Å². The molecule has 7 nitrogen and oxygen atoms in total. The van der Waals surface area contributed by atoms with E-state index in [9.17, 15) is 14.8 Å². The SMILES string of the molecule is Cc1ccc(CN2C(=O)[C@@H](N[C@@H](CCC3CCCCC3)C(=O)NO)COc3ccccc32)cc1. The highest BCUT2D eigenvalue weighted by atomic mass is 16.5. The number of hydrogen-bond acceptors (Lipinski definition) is 5. The van der Waals surface area contributed by atoms with Gasteiger partial charge in [-0.2, -0.15) is 0 Å². The van der Waals surface area contributed by atoms with Crippen LogP contribution >= 0.6 is 0 Å². The first-order valence-corrected chi connectivity index (χ1v) is 12.3. The number of fused-ring (bicyclic) bond motifs is 1. The van der Waals surface area contributed by atoms with Crippen LogP contribution in [0.3, 0.4) is 0 Å². The van der Waals surface area contributed by atoms with Gasteiger partial charge < -0.3 is 9.64 Å². The zero-order chi connectivity index (χ0) is 23.9. The highest BCUT2D eigenvalue weighted by Crippen LogP contribution is 2.33. The molecule has 0 aromatic heterocycles. The number of anilines is 1. The minimum Gasteiger partial charge on any atom is -0.489 e. The van der Waals surface area contributed by atoms with Crippen LogP contribution in [0.4, 0.5) is 5.69 Å². The number of para-hydroxylation sites is 2. The molecule has 1 heterocycles. The van der Waals surface area contributed by atoms with Crippen molar-refractivity contribution in [2.45, 2.75) is 70.5 Å². The Hall–Kier alpha value is -2.90. The lowest BCUT2D eigenvalue weighted by Crippen LogP contribution is -2.55. The van der Waals surface area contributed by atoms with Gasteiger partial charge in [-0.1, -0.05) is 74.1 Å². The van der Waals surface area contributed by atoms with E-state index in [0.717, 1.165) is 17.5 Å². The van der Waals surface area contributed by atoms with Crippen LogP contribution in [-0.2, 0) is 16.1 Å². The first-order valence-electron chi connectivity index (χ1n) is 12.3. The smallest absolute Gasteiger partial charge is 0.260 e. The Kier molecular flexibility index (Phi) is 8.19. The number of amides is 2. The zero-order valence-electron chi connectivity index (χ0n) is 19.8. The van der Waals surface area contributed by atoms with Crippen molar-refractivity contribution >= 4 is 17.5 Å². The number of ether oxygens (including phenoxy) is 1. The number of rotatable bonds is 8. The topological polar surface area (TPSA) is 90.9 Å². The third-order valence-corrected chi connectivity index (χ3v) is 7.00. The van der Waals surface area contributed by atoms with Crippen molar-refractivity contribution in [2.75, 3.05) is 11.5 Å². The second-order valence-electron chi connectivity index (χ2n) is 9.52. The van der Waals surface area contributed by atoms with Gasteiger partial charge in [0.2, 0.25) is 5.91 Å². The van der Waals surface area contributed by atoms with Crippen LogP contribution in [0.5, 0.6) is 5.75 Å². The maximum Gasteiger partial charge on any atom is 0.260 e. The van der Waals surface area contributed by atoms with E-state index in [-0.39, 0.29) is 12.5 Å². The largest absolute Gasteiger partial charge is 0.489 e. The minimum atomic E-state index is -0.716. The van der Waals surface area contributed by atoms with E-state index < -0.39 is 18.0 Å². The summed E-state index contributed by atoms with van der Waals surface area (Å²) in [5.41, 5.74) is 4.66. The van der Waals surface area contributed by atoms with Crippen LogP contribution in [0, 0.1) is 12.8 Å². The molecule has 0 spiro atoms. The number of hydrogen-bond donors (Lipinski definition) is 3. The summed E-state index contributed by atoms with van der Waals surface area (Å²) in [4.78, 5) is 27.9. The summed E-state index contributed by atoms with van der Waals surface area (Å²) in [6.07, 6.45) is 7.55. The van der Waals surface area contributed by atoms with E-state index in [0.29, 0.717) is 30.3 Å². The van der Waals surface area contributed by atoms with Crippen molar-refractivity contribution in [1.29, 1.82) is 0 Å². The van der Waals surface area contributed by atoms with Gasteiger partial charge >= 0.3 is 0 Å². The highest BCUT2D eigenvalue weighted by molar-refractivity contribution is 5.99. The number of nitrogens with one attached hydrogen (secondary N) is 2. The van der Waals surface area contributed by atoms with Crippen LogP contribution in [-0.4, -0.2) is 35.7 Å². The molecule has 1 aliphatic heterocycles. The van der Waals surface area contributed by atoms with Crippen molar-refractivity contribution in [2.24, 2.45) is 5.92 Å². The van der Waals surface area contributed by atoms with Crippen molar-refractivity contribution in [3.63, 3.8) is 0 Å². The Balaban J connectivity index is 1.52. The van der Waals surface area contributed by atoms with Gasteiger partial charge in [0.15, 0.2) is 0 Å². The summed E-state index contributed by atoms with van der Waals surface area (Å²) < 4.78 is 6.01. The summed E-state index contributed by atoms with van der Waals surface area (Å²) >= 11 is 0. The molecule has 1 saturated carbocycles. The molecule has 2 atom stereocenters. The van der Waals surface area contributed by atoms with Crippen molar-refractivity contribution < 1.29 is 19.5 Å². The van der Waals surface area contributed by atoms with Gasteiger partial charge in [-0.3, -0.25) is 20.1 Å². The number of aryl methyl sites for hydroxylation is 1. The second kappa shape index (κ2) is 11.5. The van der Waals surface area contributed by atoms with Crippen molar-refractivity contribution in [3.05, 3.63) is 59.7 Å². The van der Waals surface area contributed by atoms with E-state index in [1.165, 1.54) is 32.1 Å². The van der Waals surface area contributed by atoms with Crippen molar-refractivity contribution in [1.82, 2.24) is 10.8 Å². The van der Waals surface area contributed by atoms with Crippen LogP contribution < -0.4 is 20.4 Å². The third-order valence-electron chi connectivity index (χ3n) is 7.00. The van der Waals surface area contributed by atoms with Gasteiger partial charge in [0.1, 0.15) is 18.4 Å². The van der Waals surface area contributed by atoms with Gasteiger partial charge in [0.25, 0.3) is 5.91 Å². The summed E-state index contributed by atoms with van der Waals surface area (Å²) in [6.45, 7) is 2.54. The van der Waals surface area contributed by atoms with Crippen molar-refractivity contribution in [3.8, 4) is 5.75 Å². The van der Waals surface area contributed by atoms with Crippen LogP contribution in [0.15, 0.2) is 48.5 Å². The molecule has 0 unspecified atom stereocenters. The maximum absolute atomic E-state index is 13.7. The number of nitrogens with zero attached hydrogens (tertiary/aromatic N) is 1. The van der Waals surface area contributed by atoms with Gasteiger partial charge in [0, 0.05) is 0 Å². The van der Waals surface area contributed by atoms with E-state index in [1.807, 2.05) is 55.5 Å². The number of carbonyl (C=O) groups is 2. The molecule has 0 radical (unpaired) electrons. The quantitative estimate of drug-likeness (QED) is 0.403. The fourth-order valence-electron chi connectivity index (χ4n) is 5.00. The Bertz CT molecular complexity index is 972. The second-order valence-corrected chi connectivity index (χ2v) is 9.52. The lowest BCUT2D eigenvalue weighted by Gasteiger charge is -2.28. The summed E-state index contributed by atoms with van der Waals surface area (Å²) in [7, 11) is 0. The fourth-order valence-corrected chi connectivity index (χ4v) is 5.00. The molecule has 182 valence electrons. The number of benzene rings is 2. The lowest BCUT2D eigenvalue weighted by atomic mass is 9.85. The fraction of sp³-hybridized carbons (Fsp3) is 0.481. The normalized spacial score (nSPS) is 19.6. The van der Waals surface area contributed by atoms with E-state index in [2.05, 4.69) is 5.32 Å². The Morgan fingerprint density at radius 3 is 2.59 bits per heavy atom. The highest BCUT2D eigenvalue weighted by Gasteiger charge is 2.34. The maximum atomic E-state index is 13.7. The minimum absolute atomic E-state index is 0.110. The average molecular weight is 466 g/mol. The summed E-state index contributed by atoms with van der Waals surface area (Å²) in [5.74, 6) is 0.555. The Morgan fingerprint density at radius 1 is 1.12 bits per heavy atom. The van der Waals surface area contributed by atoms with Gasteiger partial charge in [0.05, 0.1) is 18.3 Å². The average Bonchev–Trinajstić information content (AvgIpc) is 3.00. The third kappa shape index (κ3) is 5.96. The number of hydroxylamine groups is 1. The molecule has 0 saturated heterocycles. The van der Waals surface area contributed by atoms with Gasteiger partial charge in [-0.05, 0) is 43.4 Å². The molecule has 0 bridgehead atoms. The predicted octanol–water partition coefficient (Wildman–Crippen LogP) is 4.11. The van der Waals surface area contributed by atoms with E-state index >= 15 is 0 Å². The summed E-state index contributed by atoms with van der Waals surface area (Å²) in [5, 5.41) is 12.5. The molecule has 1 aliphatic carbocycles. The summed E-state index contributed by atoms with van der Waals surface area (Å²) in [6, 6.07) is 14.2. The molecule has 3 N–H and O–H groups in total. The van der Waals surface area contributed by atoms with Crippen LogP contribution in [0.2, 0.25) is 0 Å².